The van der Waals surface area contributed by atoms with Crippen LogP contribution in [0.2, 0.25) is 0 Å². The van der Waals surface area contributed by atoms with Crippen LogP contribution >= 0.6 is 0 Å². The Morgan fingerprint density at radius 1 is 1.37 bits per heavy atom. The molecule has 0 aromatic heterocycles. The first-order valence-corrected chi connectivity index (χ1v) is 7.13. The molecule has 1 saturated carbocycles. The lowest BCUT2D eigenvalue weighted by atomic mass is 10.1. The lowest BCUT2D eigenvalue weighted by Gasteiger charge is -2.14. The number of nitrogens with one attached hydrogen (secondary N) is 1. The molecule has 0 heterocycles. The average Bonchev–Trinajstić information content (AvgIpc) is 3.22. The maximum Gasteiger partial charge on any atom is 0.126 e. The van der Waals surface area contributed by atoms with E-state index in [4.69, 9.17) is 10.00 Å². The Morgan fingerprint density at radius 2 is 2.21 bits per heavy atom. The summed E-state index contributed by atoms with van der Waals surface area (Å²) in [7, 11) is 0. The van der Waals surface area contributed by atoms with Crippen LogP contribution in [0.25, 0.3) is 0 Å². The van der Waals surface area contributed by atoms with Gasteiger partial charge in [0.25, 0.3) is 0 Å². The number of rotatable bonds is 8. The zero-order valence-corrected chi connectivity index (χ0v) is 11.6. The summed E-state index contributed by atoms with van der Waals surface area (Å²) >= 11 is 0. The van der Waals surface area contributed by atoms with E-state index in [1.54, 1.807) is 0 Å². The largest absolute Gasteiger partial charge is 0.493 e. The fraction of sp³-hybridized carbons (Fsp3) is 0.562. The maximum atomic E-state index is 8.50. The number of hydrogen-bond acceptors (Lipinski definition) is 3. The molecule has 0 radical (unpaired) electrons. The first-order valence-electron chi connectivity index (χ1n) is 7.13. The SMILES string of the molecule is Cc1cccc(CNC2CC2)c1OCCCCC#N. The number of aryl methyl sites for hydroxylation is 1. The van der Waals surface area contributed by atoms with Gasteiger partial charge in [-0.1, -0.05) is 18.2 Å². The van der Waals surface area contributed by atoms with Crippen LogP contribution in [0.4, 0.5) is 0 Å². The third-order valence-electron chi connectivity index (χ3n) is 3.38. The molecular weight excluding hydrogens is 236 g/mol. The van der Waals surface area contributed by atoms with Gasteiger partial charge >= 0.3 is 0 Å². The average molecular weight is 258 g/mol. The van der Waals surface area contributed by atoms with Crippen molar-refractivity contribution in [1.29, 1.82) is 5.26 Å². The molecule has 0 spiro atoms. The predicted octanol–water partition coefficient (Wildman–Crippen LogP) is 3.32. The van der Waals surface area contributed by atoms with E-state index in [9.17, 15) is 0 Å². The molecule has 19 heavy (non-hydrogen) atoms. The molecule has 0 atom stereocenters. The van der Waals surface area contributed by atoms with Gasteiger partial charge in [-0.15, -0.1) is 0 Å². The number of unbranched alkanes of at least 4 members (excludes halogenated alkanes) is 2. The quantitative estimate of drug-likeness (QED) is 0.727. The Labute approximate surface area is 115 Å². The molecule has 0 amide bonds. The molecule has 1 aromatic carbocycles. The molecular formula is C16H22N2O. The van der Waals surface area contributed by atoms with Crippen molar-refractivity contribution < 1.29 is 4.74 Å². The fourth-order valence-electron chi connectivity index (χ4n) is 2.08. The number of nitrogens with zero attached hydrogens (tertiary/aromatic N) is 1. The highest BCUT2D eigenvalue weighted by molar-refractivity contribution is 5.40. The van der Waals surface area contributed by atoms with E-state index in [-0.39, 0.29) is 0 Å². The summed E-state index contributed by atoms with van der Waals surface area (Å²) in [5, 5.41) is 12.0. The highest BCUT2D eigenvalue weighted by Crippen LogP contribution is 2.25. The van der Waals surface area contributed by atoms with Crippen molar-refractivity contribution in [3.8, 4) is 11.8 Å². The zero-order chi connectivity index (χ0) is 13.5. The number of hydrogen-bond donors (Lipinski definition) is 1. The maximum absolute atomic E-state index is 8.50. The van der Waals surface area contributed by atoms with Crippen molar-refractivity contribution in [2.24, 2.45) is 0 Å². The fourth-order valence-corrected chi connectivity index (χ4v) is 2.08. The second-order valence-corrected chi connectivity index (χ2v) is 5.18. The van der Waals surface area contributed by atoms with E-state index < -0.39 is 0 Å². The first-order chi connectivity index (χ1) is 9.31. The summed E-state index contributed by atoms with van der Waals surface area (Å²) in [4.78, 5) is 0. The summed E-state index contributed by atoms with van der Waals surface area (Å²) in [6.45, 7) is 3.67. The molecule has 3 heteroatoms. The Kier molecular flexibility index (Phi) is 5.23. The summed E-state index contributed by atoms with van der Waals surface area (Å²) in [6, 6.07) is 9.18. The van der Waals surface area contributed by atoms with Gasteiger partial charge in [0.1, 0.15) is 5.75 Å². The minimum Gasteiger partial charge on any atom is -0.493 e. The smallest absolute Gasteiger partial charge is 0.126 e. The Balaban J connectivity index is 1.86. The number of nitriles is 1. The lowest BCUT2D eigenvalue weighted by Crippen LogP contribution is -2.16. The van der Waals surface area contributed by atoms with Gasteiger partial charge in [0.2, 0.25) is 0 Å². The van der Waals surface area contributed by atoms with Crippen LogP contribution < -0.4 is 10.1 Å². The van der Waals surface area contributed by atoms with Crippen molar-refractivity contribution in [2.75, 3.05) is 6.61 Å². The molecule has 1 aromatic rings. The molecule has 0 aliphatic heterocycles. The predicted molar refractivity (Wildman–Crippen MR) is 76.0 cm³/mol. The molecule has 1 N–H and O–H groups in total. The van der Waals surface area contributed by atoms with Crippen LogP contribution in [-0.2, 0) is 6.54 Å². The van der Waals surface area contributed by atoms with Crippen molar-refractivity contribution in [2.45, 2.75) is 51.6 Å². The zero-order valence-electron chi connectivity index (χ0n) is 11.6. The van der Waals surface area contributed by atoms with Crippen LogP contribution in [0, 0.1) is 18.3 Å². The number of para-hydroxylation sites is 1. The van der Waals surface area contributed by atoms with Crippen molar-refractivity contribution in [3.05, 3.63) is 29.3 Å². The molecule has 1 fully saturated rings. The van der Waals surface area contributed by atoms with Gasteiger partial charge < -0.3 is 10.1 Å². The van der Waals surface area contributed by atoms with E-state index in [2.05, 4.69) is 36.5 Å². The Bertz CT molecular complexity index is 447. The van der Waals surface area contributed by atoms with E-state index in [1.165, 1.54) is 24.0 Å². The summed E-state index contributed by atoms with van der Waals surface area (Å²) in [5.74, 6) is 1.02. The normalized spacial score (nSPS) is 14.1. The third kappa shape index (κ3) is 4.57. The molecule has 3 nitrogen and oxygen atoms in total. The Hall–Kier alpha value is -1.53. The molecule has 0 bridgehead atoms. The van der Waals surface area contributed by atoms with Crippen LogP contribution in [0.5, 0.6) is 5.75 Å². The van der Waals surface area contributed by atoms with Crippen molar-refractivity contribution in [1.82, 2.24) is 5.32 Å². The minimum absolute atomic E-state index is 0.618. The second-order valence-electron chi connectivity index (χ2n) is 5.18. The van der Waals surface area contributed by atoms with Crippen LogP contribution in [-0.4, -0.2) is 12.6 Å². The molecule has 102 valence electrons. The van der Waals surface area contributed by atoms with Gasteiger partial charge in [0, 0.05) is 24.6 Å². The minimum atomic E-state index is 0.618. The highest BCUT2D eigenvalue weighted by atomic mass is 16.5. The van der Waals surface area contributed by atoms with E-state index in [1.807, 2.05) is 0 Å². The molecule has 0 saturated heterocycles. The van der Waals surface area contributed by atoms with Crippen molar-refractivity contribution in [3.63, 3.8) is 0 Å². The molecule has 0 unspecified atom stereocenters. The summed E-state index contributed by atoms with van der Waals surface area (Å²) in [6.07, 6.45) is 5.08. The second kappa shape index (κ2) is 7.16. The Morgan fingerprint density at radius 3 is 2.95 bits per heavy atom. The van der Waals surface area contributed by atoms with Gasteiger partial charge in [-0.2, -0.15) is 5.26 Å². The van der Waals surface area contributed by atoms with Gasteiger partial charge in [-0.25, -0.2) is 0 Å². The molecule has 2 rings (SSSR count). The van der Waals surface area contributed by atoms with Crippen molar-refractivity contribution >= 4 is 0 Å². The summed E-state index contributed by atoms with van der Waals surface area (Å²) < 4.78 is 5.92. The van der Waals surface area contributed by atoms with Crippen LogP contribution in [0.1, 0.15) is 43.2 Å². The topological polar surface area (TPSA) is 45.0 Å². The monoisotopic (exact) mass is 258 g/mol. The van der Waals surface area contributed by atoms with Gasteiger partial charge in [-0.05, 0) is 38.2 Å². The summed E-state index contributed by atoms with van der Waals surface area (Å²) in [5.41, 5.74) is 2.43. The number of ether oxygens (including phenoxy) is 1. The van der Waals surface area contributed by atoms with Gasteiger partial charge in [0.05, 0.1) is 12.7 Å². The van der Waals surface area contributed by atoms with Crippen LogP contribution in [0.15, 0.2) is 18.2 Å². The highest BCUT2D eigenvalue weighted by Gasteiger charge is 2.20. The standard InChI is InChI=1S/C16H22N2O/c1-13-6-5-7-14(12-18-15-8-9-15)16(13)19-11-4-2-3-10-17/h5-7,15,18H,2-4,8-9,11-12H2,1H3. The van der Waals surface area contributed by atoms with Crippen LogP contribution in [0.3, 0.4) is 0 Å². The van der Waals surface area contributed by atoms with E-state index in [0.29, 0.717) is 19.1 Å². The lowest BCUT2D eigenvalue weighted by molar-refractivity contribution is 0.301. The first kappa shape index (κ1) is 13.9. The third-order valence-corrected chi connectivity index (χ3v) is 3.38. The van der Waals surface area contributed by atoms with Gasteiger partial charge in [-0.3, -0.25) is 0 Å². The molecule has 1 aliphatic carbocycles. The number of benzene rings is 1. The van der Waals surface area contributed by atoms with E-state index >= 15 is 0 Å². The van der Waals surface area contributed by atoms with Gasteiger partial charge in [0.15, 0.2) is 0 Å². The van der Waals surface area contributed by atoms with E-state index in [0.717, 1.165) is 25.1 Å². The molecule has 1 aliphatic rings.